The Morgan fingerprint density at radius 3 is 2.53 bits per heavy atom. The molecule has 0 aliphatic carbocycles. The van der Waals surface area contributed by atoms with Gasteiger partial charge >= 0.3 is 5.97 Å². The number of carbonyl (C=O) groups is 1. The van der Waals surface area contributed by atoms with E-state index in [1.165, 1.54) is 0 Å². The normalized spacial score (nSPS) is 19.2. The van der Waals surface area contributed by atoms with Crippen LogP contribution in [0.2, 0.25) is 0 Å². The highest BCUT2D eigenvalue weighted by molar-refractivity contribution is 5.70. The maximum Gasteiger partial charge on any atom is 0.306 e. The van der Waals surface area contributed by atoms with Crippen molar-refractivity contribution in [3.63, 3.8) is 0 Å². The predicted molar refractivity (Wildman–Crippen MR) is 71.8 cm³/mol. The van der Waals surface area contributed by atoms with Gasteiger partial charge in [0.1, 0.15) is 6.17 Å². The topological polar surface area (TPSA) is 40.5 Å². The van der Waals surface area contributed by atoms with Gasteiger partial charge in [-0.25, -0.2) is 4.39 Å². The summed E-state index contributed by atoms with van der Waals surface area (Å²) in [5, 5.41) is 8.91. The van der Waals surface area contributed by atoms with E-state index < -0.39 is 12.1 Å². The maximum atomic E-state index is 14.0. The zero-order valence-electron chi connectivity index (χ0n) is 11.0. The molecule has 104 valence electrons. The van der Waals surface area contributed by atoms with Crippen LogP contribution in [0.4, 0.5) is 4.39 Å². The highest BCUT2D eigenvalue weighted by Crippen LogP contribution is 2.18. The number of halogens is 1. The second-order valence-corrected chi connectivity index (χ2v) is 5.20. The lowest BCUT2D eigenvalue weighted by Gasteiger charge is -2.30. The number of alkyl halides is 1. The SMILES string of the molecule is O=C(O)C1CCN(CC(F)Cc2ccccc2)CC1. The average Bonchev–Trinajstić information content (AvgIpc) is 2.40. The van der Waals surface area contributed by atoms with Gasteiger partial charge < -0.3 is 10.0 Å². The Labute approximate surface area is 113 Å². The molecule has 4 heteroatoms. The number of carboxylic acid groups (broad SMARTS) is 1. The minimum Gasteiger partial charge on any atom is -0.481 e. The van der Waals surface area contributed by atoms with Crippen LogP contribution in [0.15, 0.2) is 30.3 Å². The summed E-state index contributed by atoms with van der Waals surface area (Å²) in [4.78, 5) is 12.9. The van der Waals surface area contributed by atoms with E-state index in [1.807, 2.05) is 35.2 Å². The van der Waals surface area contributed by atoms with Crippen LogP contribution < -0.4 is 0 Å². The molecule has 3 nitrogen and oxygen atoms in total. The molecule has 2 rings (SSSR count). The summed E-state index contributed by atoms with van der Waals surface area (Å²) >= 11 is 0. The van der Waals surface area contributed by atoms with Crippen molar-refractivity contribution < 1.29 is 14.3 Å². The van der Waals surface area contributed by atoms with Crippen molar-refractivity contribution in [2.75, 3.05) is 19.6 Å². The third kappa shape index (κ3) is 4.31. The van der Waals surface area contributed by atoms with Crippen molar-refractivity contribution in [2.45, 2.75) is 25.4 Å². The highest BCUT2D eigenvalue weighted by atomic mass is 19.1. The summed E-state index contributed by atoms with van der Waals surface area (Å²) in [7, 11) is 0. The number of aliphatic carboxylic acids is 1. The number of carboxylic acids is 1. The van der Waals surface area contributed by atoms with Crippen LogP contribution >= 0.6 is 0 Å². The van der Waals surface area contributed by atoms with Crippen molar-refractivity contribution in [3.05, 3.63) is 35.9 Å². The van der Waals surface area contributed by atoms with Gasteiger partial charge in [0.25, 0.3) is 0 Å². The summed E-state index contributed by atoms with van der Waals surface area (Å²) < 4.78 is 14.0. The van der Waals surface area contributed by atoms with E-state index in [0.717, 1.165) is 5.56 Å². The third-order valence-electron chi connectivity index (χ3n) is 3.69. The van der Waals surface area contributed by atoms with Gasteiger partial charge in [-0.3, -0.25) is 4.79 Å². The maximum absolute atomic E-state index is 14.0. The fourth-order valence-electron chi connectivity index (χ4n) is 2.58. The molecule has 0 spiro atoms. The zero-order valence-corrected chi connectivity index (χ0v) is 11.0. The fraction of sp³-hybridized carbons (Fsp3) is 0.533. The molecule has 1 aliphatic heterocycles. The Hall–Kier alpha value is -1.42. The summed E-state index contributed by atoms with van der Waals surface area (Å²) in [5.74, 6) is -0.968. The molecular weight excluding hydrogens is 245 g/mol. The van der Waals surface area contributed by atoms with E-state index in [1.54, 1.807) is 0 Å². The summed E-state index contributed by atoms with van der Waals surface area (Å²) in [6.45, 7) is 1.78. The molecule has 1 N–H and O–H groups in total. The smallest absolute Gasteiger partial charge is 0.306 e. The van der Waals surface area contributed by atoms with Gasteiger partial charge in [-0.2, -0.15) is 0 Å². The molecule has 1 aliphatic rings. The molecule has 1 atom stereocenters. The lowest BCUT2D eigenvalue weighted by atomic mass is 9.96. The number of likely N-dealkylation sites (tertiary alicyclic amines) is 1. The van der Waals surface area contributed by atoms with E-state index in [2.05, 4.69) is 0 Å². The van der Waals surface area contributed by atoms with Gasteiger partial charge in [0.05, 0.1) is 5.92 Å². The first-order chi connectivity index (χ1) is 9.15. The van der Waals surface area contributed by atoms with Crippen LogP contribution in [0.25, 0.3) is 0 Å². The fourth-order valence-corrected chi connectivity index (χ4v) is 2.58. The molecular formula is C15H20FNO2. The summed E-state index contributed by atoms with van der Waals surface area (Å²) in [6.07, 6.45) is 0.810. The lowest BCUT2D eigenvalue weighted by molar-refractivity contribution is -0.143. The summed E-state index contributed by atoms with van der Waals surface area (Å²) in [6, 6.07) is 9.63. The molecule has 1 saturated heterocycles. The van der Waals surface area contributed by atoms with Crippen molar-refractivity contribution in [1.29, 1.82) is 0 Å². The predicted octanol–water partition coefficient (Wildman–Crippen LogP) is 2.36. The minimum absolute atomic E-state index is 0.247. The Kier molecular flexibility index (Phi) is 4.91. The second-order valence-electron chi connectivity index (χ2n) is 5.20. The van der Waals surface area contributed by atoms with Crippen molar-refractivity contribution >= 4 is 5.97 Å². The molecule has 0 amide bonds. The largest absolute Gasteiger partial charge is 0.481 e. The molecule has 1 aromatic rings. The van der Waals surface area contributed by atoms with Gasteiger partial charge in [0.2, 0.25) is 0 Å². The molecule has 1 unspecified atom stereocenters. The Morgan fingerprint density at radius 2 is 1.95 bits per heavy atom. The van der Waals surface area contributed by atoms with Crippen LogP contribution in [0.1, 0.15) is 18.4 Å². The number of rotatable bonds is 5. The Balaban J connectivity index is 1.75. The average molecular weight is 265 g/mol. The second kappa shape index (κ2) is 6.66. The number of hydrogen-bond acceptors (Lipinski definition) is 2. The molecule has 0 bridgehead atoms. The van der Waals surface area contributed by atoms with Crippen LogP contribution in [0, 0.1) is 5.92 Å². The number of piperidine rings is 1. The van der Waals surface area contributed by atoms with Crippen molar-refractivity contribution in [3.8, 4) is 0 Å². The molecule has 0 radical (unpaired) electrons. The molecule has 0 saturated carbocycles. The first kappa shape index (κ1) is 14.0. The standard InChI is InChI=1S/C15H20FNO2/c16-14(10-12-4-2-1-3-5-12)11-17-8-6-13(7-9-17)15(18)19/h1-5,13-14H,6-11H2,(H,18,19). The first-order valence-electron chi connectivity index (χ1n) is 6.78. The highest BCUT2D eigenvalue weighted by Gasteiger charge is 2.25. The van der Waals surface area contributed by atoms with Crippen LogP contribution in [-0.2, 0) is 11.2 Å². The third-order valence-corrected chi connectivity index (χ3v) is 3.69. The summed E-state index contributed by atoms with van der Waals surface area (Å²) in [5.41, 5.74) is 1.01. The Morgan fingerprint density at radius 1 is 1.32 bits per heavy atom. The van der Waals surface area contributed by atoms with Gasteiger partial charge in [0, 0.05) is 13.0 Å². The van der Waals surface area contributed by atoms with E-state index in [-0.39, 0.29) is 5.92 Å². The molecule has 1 heterocycles. The zero-order chi connectivity index (χ0) is 13.7. The monoisotopic (exact) mass is 265 g/mol. The molecule has 1 fully saturated rings. The van der Waals surface area contributed by atoms with E-state index in [9.17, 15) is 9.18 Å². The first-order valence-corrected chi connectivity index (χ1v) is 6.78. The molecule has 19 heavy (non-hydrogen) atoms. The lowest BCUT2D eigenvalue weighted by Crippen LogP contribution is -2.40. The van der Waals surface area contributed by atoms with Crippen LogP contribution in [0.3, 0.4) is 0 Å². The number of nitrogens with zero attached hydrogens (tertiary/aromatic N) is 1. The van der Waals surface area contributed by atoms with Gasteiger partial charge in [-0.05, 0) is 31.5 Å². The van der Waals surface area contributed by atoms with Gasteiger partial charge in [-0.15, -0.1) is 0 Å². The van der Waals surface area contributed by atoms with Crippen LogP contribution in [0.5, 0.6) is 0 Å². The quantitative estimate of drug-likeness (QED) is 0.888. The number of hydrogen-bond donors (Lipinski definition) is 1. The van der Waals surface area contributed by atoms with E-state index in [4.69, 9.17) is 5.11 Å². The van der Waals surface area contributed by atoms with Crippen molar-refractivity contribution in [2.24, 2.45) is 5.92 Å². The van der Waals surface area contributed by atoms with Crippen LogP contribution in [-0.4, -0.2) is 41.8 Å². The number of benzene rings is 1. The van der Waals surface area contributed by atoms with Gasteiger partial charge in [0.15, 0.2) is 0 Å². The Bertz CT molecular complexity index is 402. The van der Waals surface area contributed by atoms with Crippen molar-refractivity contribution in [1.82, 2.24) is 4.90 Å². The van der Waals surface area contributed by atoms with Gasteiger partial charge in [-0.1, -0.05) is 30.3 Å². The molecule has 1 aromatic carbocycles. The molecule has 0 aromatic heterocycles. The van der Waals surface area contributed by atoms with E-state index in [0.29, 0.717) is 38.9 Å². The minimum atomic E-state index is -0.885. The van der Waals surface area contributed by atoms with E-state index >= 15 is 0 Å².